The van der Waals surface area contributed by atoms with Gasteiger partial charge >= 0.3 is 0 Å². The molecule has 0 saturated carbocycles. The van der Waals surface area contributed by atoms with Crippen molar-refractivity contribution in [2.75, 3.05) is 26.2 Å². The molecule has 0 radical (unpaired) electrons. The molecule has 0 unspecified atom stereocenters. The van der Waals surface area contributed by atoms with Crippen molar-refractivity contribution in [3.05, 3.63) is 42.1 Å². The zero-order chi connectivity index (χ0) is 18.4. The van der Waals surface area contributed by atoms with E-state index < -0.39 is 10.0 Å². The molecule has 5 rings (SSSR count). The second-order valence-corrected chi connectivity index (χ2v) is 9.54. The monoisotopic (exact) mass is 388 g/mol. The van der Waals surface area contributed by atoms with E-state index in [1.54, 1.807) is 8.99 Å². The zero-order valence-electron chi connectivity index (χ0n) is 15.2. The summed E-state index contributed by atoms with van der Waals surface area (Å²) >= 11 is 0. The molecule has 0 bridgehead atoms. The van der Waals surface area contributed by atoms with Crippen LogP contribution >= 0.6 is 0 Å². The topological polar surface area (TPSA) is 67.7 Å². The predicted octanol–water partition coefficient (Wildman–Crippen LogP) is 1.56. The third-order valence-electron chi connectivity index (χ3n) is 5.99. The van der Waals surface area contributed by atoms with Crippen LogP contribution in [0.15, 0.2) is 41.4 Å². The van der Waals surface area contributed by atoms with Crippen LogP contribution in [0.4, 0.5) is 0 Å². The largest absolute Gasteiger partial charge is 0.477 e. The first kappa shape index (κ1) is 17.2. The number of ether oxygens (including phenoxy) is 1. The summed E-state index contributed by atoms with van der Waals surface area (Å²) in [4.78, 5) is 2.65. The van der Waals surface area contributed by atoms with Crippen molar-refractivity contribution in [2.24, 2.45) is 5.92 Å². The summed E-state index contributed by atoms with van der Waals surface area (Å²) in [7, 11) is -3.58. The lowest BCUT2D eigenvalue weighted by atomic mass is 10.1. The van der Waals surface area contributed by atoms with Crippen molar-refractivity contribution in [3.63, 3.8) is 0 Å². The molecule has 0 spiro atoms. The highest BCUT2D eigenvalue weighted by Gasteiger charge is 2.46. The number of sulfonamides is 1. The van der Waals surface area contributed by atoms with Crippen LogP contribution < -0.4 is 4.74 Å². The number of hydrogen-bond donors (Lipinski definition) is 0. The van der Waals surface area contributed by atoms with Gasteiger partial charge in [-0.2, -0.15) is 9.40 Å². The van der Waals surface area contributed by atoms with Gasteiger partial charge in [0, 0.05) is 38.6 Å². The summed E-state index contributed by atoms with van der Waals surface area (Å²) in [6.45, 7) is 4.30. The van der Waals surface area contributed by atoms with E-state index in [9.17, 15) is 8.42 Å². The Morgan fingerprint density at radius 1 is 1.15 bits per heavy atom. The van der Waals surface area contributed by atoms with Gasteiger partial charge in [0.15, 0.2) is 4.90 Å². The normalized spacial score (nSPS) is 25.9. The van der Waals surface area contributed by atoms with Crippen LogP contribution in [0, 0.1) is 5.92 Å². The molecule has 27 heavy (non-hydrogen) atoms. The highest BCUT2D eigenvalue weighted by atomic mass is 32.2. The smallest absolute Gasteiger partial charge is 0.250 e. The van der Waals surface area contributed by atoms with Gasteiger partial charge in [0.2, 0.25) is 15.9 Å². The van der Waals surface area contributed by atoms with Crippen LogP contribution in [0.2, 0.25) is 0 Å². The van der Waals surface area contributed by atoms with E-state index in [0.717, 1.165) is 25.9 Å². The fourth-order valence-corrected chi connectivity index (χ4v) is 6.16. The van der Waals surface area contributed by atoms with Gasteiger partial charge in [-0.25, -0.2) is 13.1 Å². The van der Waals surface area contributed by atoms with E-state index in [-0.39, 0.29) is 10.9 Å². The van der Waals surface area contributed by atoms with Gasteiger partial charge < -0.3 is 4.74 Å². The van der Waals surface area contributed by atoms with E-state index in [1.807, 2.05) is 6.07 Å². The van der Waals surface area contributed by atoms with Crippen molar-refractivity contribution in [3.8, 4) is 5.88 Å². The number of fused-ring (bicyclic) bond motifs is 2. The molecule has 3 aliphatic heterocycles. The van der Waals surface area contributed by atoms with Crippen molar-refractivity contribution < 1.29 is 13.2 Å². The molecule has 144 valence electrons. The maximum atomic E-state index is 13.2. The summed E-state index contributed by atoms with van der Waals surface area (Å²) in [5.41, 5.74) is 1.28. The van der Waals surface area contributed by atoms with Crippen molar-refractivity contribution in [1.82, 2.24) is 19.0 Å². The summed E-state index contributed by atoms with van der Waals surface area (Å²) in [6, 6.07) is 10.7. The van der Waals surface area contributed by atoms with Crippen LogP contribution in [-0.2, 0) is 23.1 Å². The van der Waals surface area contributed by atoms with E-state index in [2.05, 4.69) is 34.3 Å². The van der Waals surface area contributed by atoms with E-state index in [0.29, 0.717) is 38.0 Å². The molecule has 1 aromatic carbocycles. The molecular weight excluding hydrogens is 364 g/mol. The zero-order valence-corrected chi connectivity index (χ0v) is 16.0. The Morgan fingerprint density at radius 2 is 2.00 bits per heavy atom. The first-order valence-corrected chi connectivity index (χ1v) is 11.0. The van der Waals surface area contributed by atoms with Gasteiger partial charge in [-0.1, -0.05) is 30.3 Å². The number of hydrogen-bond acceptors (Lipinski definition) is 5. The molecule has 2 saturated heterocycles. The Hall–Kier alpha value is -1.90. The molecule has 1 aromatic heterocycles. The summed E-state index contributed by atoms with van der Waals surface area (Å²) in [6.07, 6.45) is 3.36. The Balaban J connectivity index is 1.35. The fourth-order valence-electron chi connectivity index (χ4n) is 4.58. The molecule has 2 fully saturated rings. The summed E-state index contributed by atoms with van der Waals surface area (Å²) in [5.74, 6) is 0.801. The van der Waals surface area contributed by atoms with E-state index >= 15 is 0 Å². The Labute approximate surface area is 159 Å². The third kappa shape index (κ3) is 2.96. The number of aromatic nitrogens is 2. The van der Waals surface area contributed by atoms with Gasteiger partial charge in [-0.3, -0.25) is 4.90 Å². The SMILES string of the molecule is O=S(=O)(c1cnn2c1OCCC2)N1C[C@@H]2CCN(Cc3ccccc3)[C@@H]2C1. The molecule has 0 N–H and O–H groups in total. The van der Waals surface area contributed by atoms with Crippen molar-refractivity contribution in [2.45, 2.75) is 36.9 Å². The maximum absolute atomic E-state index is 13.2. The van der Waals surface area contributed by atoms with Crippen LogP contribution in [0.1, 0.15) is 18.4 Å². The first-order valence-electron chi connectivity index (χ1n) is 9.59. The van der Waals surface area contributed by atoms with Gasteiger partial charge in [0.1, 0.15) is 0 Å². The molecule has 2 aromatic rings. The standard InChI is InChI=1S/C19H24N4O3S/c24-27(25,18-11-20-23-8-4-10-26-19(18)23)22-13-16-7-9-21(17(16)14-22)12-15-5-2-1-3-6-15/h1-3,5-6,11,16-17H,4,7-10,12-14H2/t16-,17+/m0/s1. The van der Waals surface area contributed by atoms with Crippen LogP contribution in [0.25, 0.3) is 0 Å². The van der Waals surface area contributed by atoms with E-state index in [4.69, 9.17) is 4.74 Å². The quantitative estimate of drug-likeness (QED) is 0.795. The molecule has 8 heteroatoms. The molecule has 2 atom stereocenters. The molecule has 7 nitrogen and oxygen atoms in total. The Bertz CT molecular complexity index is 928. The Morgan fingerprint density at radius 3 is 2.85 bits per heavy atom. The number of rotatable bonds is 4. The van der Waals surface area contributed by atoms with Crippen molar-refractivity contribution in [1.29, 1.82) is 0 Å². The molecule has 0 amide bonds. The fraction of sp³-hybridized carbons (Fsp3) is 0.526. The lowest BCUT2D eigenvalue weighted by Gasteiger charge is -2.25. The number of benzene rings is 1. The summed E-state index contributed by atoms with van der Waals surface area (Å²) in [5, 5.41) is 4.21. The minimum atomic E-state index is -3.58. The van der Waals surface area contributed by atoms with Gasteiger partial charge in [-0.05, 0) is 24.4 Å². The van der Waals surface area contributed by atoms with Crippen LogP contribution in [-0.4, -0.2) is 59.7 Å². The average Bonchev–Trinajstić information content (AvgIpc) is 3.38. The molecular formula is C19H24N4O3S. The summed E-state index contributed by atoms with van der Waals surface area (Å²) < 4.78 is 35.4. The highest BCUT2D eigenvalue weighted by molar-refractivity contribution is 7.89. The minimum absolute atomic E-state index is 0.219. The molecule has 3 aliphatic rings. The lowest BCUT2D eigenvalue weighted by molar-refractivity contribution is 0.223. The first-order chi connectivity index (χ1) is 13.1. The van der Waals surface area contributed by atoms with Crippen LogP contribution in [0.5, 0.6) is 5.88 Å². The molecule has 4 heterocycles. The van der Waals surface area contributed by atoms with Crippen LogP contribution in [0.3, 0.4) is 0 Å². The highest BCUT2D eigenvalue weighted by Crippen LogP contribution is 2.37. The van der Waals surface area contributed by atoms with Gasteiger partial charge in [-0.15, -0.1) is 0 Å². The second kappa shape index (κ2) is 6.61. The van der Waals surface area contributed by atoms with E-state index in [1.165, 1.54) is 11.8 Å². The predicted molar refractivity (Wildman–Crippen MR) is 99.8 cm³/mol. The van der Waals surface area contributed by atoms with Crippen molar-refractivity contribution >= 4 is 10.0 Å². The molecule has 0 aliphatic carbocycles. The Kier molecular flexibility index (Phi) is 4.22. The average molecular weight is 388 g/mol. The number of likely N-dealkylation sites (tertiary alicyclic amines) is 1. The number of nitrogens with zero attached hydrogens (tertiary/aromatic N) is 4. The number of aryl methyl sites for hydroxylation is 1. The minimum Gasteiger partial charge on any atom is -0.477 e. The van der Waals surface area contributed by atoms with Gasteiger partial charge in [0.25, 0.3) is 0 Å². The van der Waals surface area contributed by atoms with Gasteiger partial charge in [0.05, 0.1) is 12.8 Å². The second-order valence-electron chi connectivity index (χ2n) is 7.63. The maximum Gasteiger partial charge on any atom is 0.250 e. The third-order valence-corrected chi connectivity index (χ3v) is 7.80. The lowest BCUT2D eigenvalue weighted by Crippen LogP contribution is -2.36.